The van der Waals surface area contributed by atoms with Crippen LogP contribution in [0.4, 0.5) is 17.5 Å². The van der Waals surface area contributed by atoms with Crippen molar-refractivity contribution in [1.82, 2.24) is 30.2 Å². The summed E-state index contributed by atoms with van der Waals surface area (Å²) in [6.07, 6.45) is 10.5. The van der Waals surface area contributed by atoms with Gasteiger partial charge < -0.3 is 15.5 Å². The van der Waals surface area contributed by atoms with Gasteiger partial charge in [-0.05, 0) is 73.0 Å². The Morgan fingerprint density at radius 3 is 2.63 bits per heavy atom. The fourth-order valence-corrected chi connectivity index (χ4v) is 6.43. The van der Waals surface area contributed by atoms with Gasteiger partial charge in [0.05, 0.1) is 17.2 Å². The number of para-hydroxylation sites is 1. The summed E-state index contributed by atoms with van der Waals surface area (Å²) < 4.78 is 0. The second-order valence-corrected chi connectivity index (χ2v) is 12.1. The first kappa shape index (κ1) is 25.8. The van der Waals surface area contributed by atoms with Gasteiger partial charge >= 0.3 is 0 Å². The van der Waals surface area contributed by atoms with Crippen LogP contribution in [0.25, 0.3) is 33.2 Å². The van der Waals surface area contributed by atoms with Gasteiger partial charge in [0, 0.05) is 48.4 Å². The van der Waals surface area contributed by atoms with Crippen molar-refractivity contribution >= 4 is 39.3 Å². The highest BCUT2D eigenvalue weighted by Crippen LogP contribution is 2.43. The molecule has 1 aliphatic heterocycles. The maximum atomic E-state index is 5.30. The molecular formula is C33H36N8. The molecular weight excluding hydrogens is 508 g/mol. The van der Waals surface area contributed by atoms with Gasteiger partial charge in [-0.2, -0.15) is 0 Å². The molecule has 0 radical (unpaired) electrons. The molecule has 1 aromatic carbocycles. The number of rotatable bonds is 6. The van der Waals surface area contributed by atoms with Gasteiger partial charge in [-0.1, -0.05) is 38.5 Å². The molecule has 1 unspecified atom stereocenters. The Labute approximate surface area is 240 Å². The lowest BCUT2D eigenvalue weighted by molar-refractivity contribution is 0.215. The van der Waals surface area contributed by atoms with E-state index in [4.69, 9.17) is 15.0 Å². The Bertz CT molecular complexity index is 1730. The summed E-state index contributed by atoms with van der Waals surface area (Å²) in [5.74, 6) is 3.65. The van der Waals surface area contributed by atoms with Crippen LogP contribution in [0, 0.1) is 5.41 Å². The monoisotopic (exact) mass is 544 g/mol. The highest BCUT2D eigenvalue weighted by Gasteiger charge is 2.37. The molecule has 1 saturated carbocycles. The third-order valence-electron chi connectivity index (χ3n) is 8.91. The predicted octanol–water partition coefficient (Wildman–Crippen LogP) is 6.47. The number of benzene rings is 1. The first-order chi connectivity index (χ1) is 20.0. The van der Waals surface area contributed by atoms with Gasteiger partial charge in [-0.25, -0.2) is 19.9 Å². The van der Waals surface area contributed by atoms with E-state index in [1.807, 2.05) is 48.8 Å². The molecule has 1 aliphatic carbocycles. The van der Waals surface area contributed by atoms with E-state index in [1.165, 1.54) is 24.8 Å². The number of nitrogens with one attached hydrogen (secondary N) is 2. The third-order valence-corrected chi connectivity index (χ3v) is 8.91. The van der Waals surface area contributed by atoms with Crippen LogP contribution in [0.5, 0.6) is 0 Å². The number of anilines is 3. The minimum absolute atomic E-state index is 0.106. The van der Waals surface area contributed by atoms with Crippen LogP contribution < -0.4 is 15.5 Å². The van der Waals surface area contributed by atoms with E-state index >= 15 is 0 Å². The van der Waals surface area contributed by atoms with Gasteiger partial charge in [-0.3, -0.25) is 4.98 Å². The van der Waals surface area contributed by atoms with Crippen LogP contribution in [0.3, 0.4) is 0 Å². The zero-order valence-electron chi connectivity index (χ0n) is 23.9. The molecule has 4 aromatic heterocycles. The molecule has 8 heteroatoms. The van der Waals surface area contributed by atoms with E-state index in [-0.39, 0.29) is 5.41 Å². The van der Waals surface area contributed by atoms with Crippen molar-refractivity contribution in [3.8, 4) is 11.4 Å². The summed E-state index contributed by atoms with van der Waals surface area (Å²) in [5.41, 5.74) is 4.13. The standard InChI is InChI=1S/C33H36N8/c1-33(2)20-34-15-14-27(33)41(3)32-30-24(21-8-6-9-21)18-35-19-26(30)38-31(40-32)23-13-16-36-29(17-23)39-28-12-11-22-7-4-5-10-25(22)37-28/h4-5,7,10-13,16-19,21,27,34H,6,8-9,14-15,20H2,1-3H3,(H,36,37,39). The average Bonchev–Trinajstić information content (AvgIpc) is 2.95. The van der Waals surface area contributed by atoms with Crippen molar-refractivity contribution in [1.29, 1.82) is 0 Å². The van der Waals surface area contributed by atoms with Crippen LogP contribution >= 0.6 is 0 Å². The molecule has 1 atom stereocenters. The zero-order valence-corrected chi connectivity index (χ0v) is 23.9. The lowest BCUT2D eigenvalue weighted by Crippen LogP contribution is -2.53. The number of hydrogen-bond donors (Lipinski definition) is 2. The van der Waals surface area contributed by atoms with Crippen LogP contribution in [0.1, 0.15) is 51.0 Å². The second kappa shape index (κ2) is 10.3. The summed E-state index contributed by atoms with van der Waals surface area (Å²) in [5, 5.41) is 9.21. The average molecular weight is 545 g/mol. The van der Waals surface area contributed by atoms with E-state index in [0.29, 0.717) is 23.6 Å². The SMILES string of the molecule is CN(c1nc(-c2ccnc(Nc3ccc4ccccc4n3)c2)nc2cncc(C3CCC3)c12)C1CCNCC1(C)C. The number of aromatic nitrogens is 5. The summed E-state index contributed by atoms with van der Waals surface area (Å²) in [4.78, 5) is 26.8. The highest BCUT2D eigenvalue weighted by atomic mass is 15.2. The molecule has 208 valence electrons. The maximum absolute atomic E-state index is 5.30. The normalized spacial score (nSPS) is 18.8. The summed E-state index contributed by atoms with van der Waals surface area (Å²) in [6.45, 7) is 6.69. The molecule has 8 nitrogen and oxygen atoms in total. The minimum Gasteiger partial charge on any atom is -0.355 e. The predicted molar refractivity (Wildman–Crippen MR) is 166 cm³/mol. The van der Waals surface area contributed by atoms with Crippen LogP contribution in [0.2, 0.25) is 0 Å². The molecule has 5 aromatic rings. The first-order valence-corrected chi connectivity index (χ1v) is 14.6. The van der Waals surface area contributed by atoms with Crippen molar-refractivity contribution in [3.05, 3.63) is 72.7 Å². The molecule has 2 N–H and O–H groups in total. The van der Waals surface area contributed by atoms with Crippen molar-refractivity contribution < 1.29 is 0 Å². The fraction of sp³-hybridized carbons (Fsp3) is 0.364. The summed E-state index contributed by atoms with van der Waals surface area (Å²) in [6, 6.07) is 16.5. The first-order valence-electron chi connectivity index (χ1n) is 14.6. The molecule has 5 heterocycles. The Morgan fingerprint density at radius 1 is 0.927 bits per heavy atom. The second-order valence-electron chi connectivity index (χ2n) is 12.1. The maximum Gasteiger partial charge on any atom is 0.162 e. The fourth-order valence-electron chi connectivity index (χ4n) is 6.43. The van der Waals surface area contributed by atoms with Crippen molar-refractivity contribution in [2.75, 3.05) is 30.4 Å². The van der Waals surface area contributed by atoms with Crippen molar-refractivity contribution in [2.45, 2.75) is 51.5 Å². The highest BCUT2D eigenvalue weighted by molar-refractivity contribution is 5.94. The third kappa shape index (κ3) is 4.86. The largest absolute Gasteiger partial charge is 0.355 e. The lowest BCUT2D eigenvalue weighted by atomic mass is 9.78. The number of pyridine rings is 3. The van der Waals surface area contributed by atoms with E-state index < -0.39 is 0 Å². The molecule has 41 heavy (non-hydrogen) atoms. The van der Waals surface area contributed by atoms with Crippen molar-refractivity contribution in [2.24, 2.45) is 5.41 Å². The molecule has 1 saturated heterocycles. The van der Waals surface area contributed by atoms with Crippen LogP contribution in [-0.2, 0) is 0 Å². The Morgan fingerprint density at radius 2 is 1.80 bits per heavy atom. The van der Waals surface area contributed by atoms with E-state index in [0.717, 1.165) is 58.5 Å². The van der Waals surface area contributed by atoms with E-state index in [9.17, 15) is 0 Å². The Kier molecular flexibility index (Phi) is 6.50. The minimum atomic E-state index is 0.106. The molecule has 0 spiro atoms. The van der Waals surface area contributed by atoms with Crippen LogP contribution in [-0.4, -0.2) is 51.1 Å². The topological polar surface area (TPSA) is 91.8 Å². The summed E-state index contributed by atoms with van der Waals surface area (Å²) >= 11 is 0. The smallest absolute Gasteiger partial charge is 0.162 e. The van der Waals surface area contributed by atoms with Gasteiger partial charge in [-0.15, -0.1) is 0 Å². The molecule has 7 rings (SSSR count). The molecule has 0 amide bonds. The number of hydrogen-bond acceptors (Lipinski definition) is 8. The van der Waals surface area contributed by atoms with E-state index in [1.54, 1.807) is 6.20 Å². The number of piperidine rings is 1. The number of fused-ring (bicyclic) bond motifs is 2. The van der Waals surface area contributed by atoms with Gasteiger partial charge in [0.2, 0.25) is 0 Å². The zero-order chi connectivity index (χ0) is 28.0. The number of nitrogens with zero attached hydrogens (tertiary/aromatic N) is 6. The molecule has 0 bridgehead atoms. The Hall–Kier alpha value is -4.17. The van der Waals surface area contributed by atoms with Crippen molar-refractivity contribution in [3.63, 3.8) is 0 Å². The van der Waals surface area contributed by atoms with Gasteiger partial charge in [0.25, 0.3) is 0 Å². The molecule has 2 fully saturated rings. The lowest BCUT2D eigenvalue weighted by Gasteiger charge is -2.45. The summed E-state index contributed by atoms with van der Waals surface area (Å²) in [7, 11) is 2.21. The Balaban J connectivity index is 1.30. The van der Waals surface area contributed by atoms with Crippen LogP contribution in [0.15, 0.2) is 67.1 Å². The van der Waals surface area contributed by atoms with Gasteiger partial charge in [0.15, 0.2) is 5.82 Å². The van der Waals surface area contributed by atoms with Gasteiger partial charge in [0.1, 0.15) is 17.5 Å². The van der Waals surface area contributed by atoms with E-state index in [2.05, 4.69) is 58.5 Å². The quantitative estimate of drug-likeness (QED) is 0.251. The molecule has 2 aliphatic rings.